The van der Waals surface area contributed by atoms with Crippen LogP contribution in [0, 0.1) is 0 Å². The number of ether oxygens (including phenoxy) is 2. The first-order valence-electron chi connectivity index (χ1n) is 7.08. The molecular formula is C16H25NO3. The van der Waals surface area contributed by atoms with Crippen LogP contribution in [0.15, 0.2) is 30.3 Å². The minimum atomic E-state index is -0.280. The Kier molecular flexibility index (Phi) is 7.92. The van der Waals surface area contributed by atoms with Crippen molar-refractivity contribution in [2.75, 3.05) is 27.4 Å². The molecule has 0 bridgehead atoms. The molecule has 1 aromatic rings. The zero-order valence-corrected chi connectivity index (χ0v) is 12.6. The van der Waals surface area contributed by atoms with Gasteiger partial charge in [-0.3, -0.25) is 4.79 Å². The van der Waals surface area contributed by atoms with Gasteiger partial charge in [-0.2, -0.15) is 0 Å². The summed E-state index contributed by atoms with van der Waals surface area (Å²) in [5.41, 5.74) is 0.972. The third kappa shape index (κ3) is 5.31. The fraction of sp³-hybridized carbons (Fsp3) is 0.562. The van der Waals surface area contributed by atoms with E-state index in [1.165, 1.54) is 7.11 Å². The van der Waals surface area contributed by atoms with Crippen LogP contribution < -0.4 is 5.32 Å². The first-order chi connectivity index (χ1) is 9.72. The molecule has 1 rings (SSSR count). The van der Waals surface area contributed by atoms with E-state index < -0.39 is 0 Å². The second-order valence-electron chi connectivity index (χ2n) is 4.84. The highest BCUT2D eigenvalue weighted by molar-refractivity contribution is 5.78. The van der Waals surface area contributed by atoms with Crippen LogP contribution in [0.5, 0.6) is 0 Å². The number of carbonyl (C=O) groups excluding carboxylic acids is 1. The van der Waals surface area contributed by atoms with Gasteiger partial charge in [0.25, 0.3) is 0 Å². The number of methoxy groups -OCH3 is 2. The number of esters is 1. The van der Waals surface area contributed by atoms with Crippen LogP contribution in [0.1, 0.15) is 31.2 Å². The molecule has 2 atom stereocenters. The third-order valence-electron chi connectivity index (χ3n) is 3.30. The standard InChI is InChI=1S/C16H25NO3/c1-4-8-14(12-19-2)17-11-15(16(18)20-3)13-9-6-5-7-10-13/h5-7,9-10,14-15,17H,4,8,11-12H2,1-3H3. The van der Waals surface area contributed by atoms with E-state index in [1.807, 2.05) is 30.3 Å². The predicted molar refractivity (Wildman–Crippen MR) is 79.8 cm³/mol. The molecular weight excluding hydrogens is 254 g/mol. The molecule has 0 aliphatic carbocycles. The lowest BCUT2D eigenvalue weighted by Crippen LogP contribution is -2.38. The van der Waals surface area contributed by atoms with Crippen LogP contribution in [-0.2, 0) is 14.3 Å². The highest BCUT2D eigenvalue weighted by Gasteiger charge is 2.22. The van der Waals surface area contributed by atoms with Crippen LogP contribution >= 0.6 is 0 Å². The highest BCUT2D eigenvalue weighted by atomic mass is 16.5. The van der Waals surface area contributed by atoms with E-state index in [-0.39, 0.29) is 17.9 Å². The first-order valence-corrected chi connectivity index (χ1v) is 7.08. The Balaban J connectivity index is 2.68. The maximum absolute atomic E-state index is 11.9. The Morgan fingerprint density at radius 1 is 1.25 bits per heavy atom. The molecule has 0 saturated carbocycles. The fourth-order valence-corrected chi connectivity index (χ4v) is 2.24. The number of carbonyl (C=O) groups is 1. The molecule has 0 spiro atoms. The minimum absolute atomic E-state index is 0.212. The first kappa shape index (κ1) is 16.7. The molecule has 20 heavy (non-hydrogen) atoms. The predicted octanol–water partition coefficient (Wildman–Crippen LogP) is 2.35. The summed E-state index contributed by atoms with van der Waals surface area (Å²) in [6, 6.07) is 9.98. The molecule has 0 aliphatic heterocycles. The van der Waals surface area contributed by atoms with Crippen molar-refractivity contribution in [3.63, 3.8) is 0 Å². The molecule has 112 valence electrons. The van der Waals surface area contributed by atoms with E-state index in [0.717, 1.165) is 18.4 Å². The Bertz CT molecular complexity index is 375. The molecule has 0 amide bonds. The van der Waals surface area contributed by atoms with Crippen molar-refractivity contribution in [3.8, 4) is 0 Å². The van der Waals surface area contributed by atoms with Crippen molar-refractivity contribution in [2.45, 2.75) is 31.7 Å². The number of rotatable bonds is 9. The van der Waals surface area contributed by atoms with E-state index in [9.17, 15) is 4.79 Å². The third-order valence-corrected chi connectivity index (χ3v) is 3.30. The van der Waals surface area contributed by atoms with Gasteiger partial charge in [-0.25, -0.2) is 0 Å². The lowest BCUT2D eigenvalue weighted by molar-refractivity contribution is -0.142. The monoisotopic (exact) mass is 279 g/mol. The smallest absolute Gasteiger partial charge is 0.314 e. The SMILES string of the molecule is CCCC(COC)NCC(C(=O)OC)c1ccccc1. The van der Waals surface area contributed by atoms with Crippen molar-refractivity contribution in [2.24, 2.45) is 0 Å². The normalized spacial score (nSPS) is 13.8. The van der Waals surface area contributed by atoms with Crippen molar-refractivity contribution < 1.29 is 14.3 Å². The maximum Gasteiger partial charge on any atom is 0.314 e. The summed E-state index contributed by atoms with van der Waals surface area (Å²) in [6.45, 7) is 3.35. The van der Waals surface area contributed by atoms with Crippen LogP contribution in [0.4, 0.5) is 0 Å². The summed E-state index contributed by atoms with van der Waals surface area (Å²) in [5.74, 6) is -0.492. The molecule has 0 radical (unpaired) electrons. The van der Waals surface area contributed by atoms with Crippen molar-refractivity contribution >= 4 is 5.97 Å². The van der Waals surface area contributed by atoms with Crippen LogP contribution in [-0.4, -0.2) is 39.4 Å². The number of hydrogen-bond acceptors (Lipinski definition) is 4. The number of hydrogen-bond donors (Lipinski definition) is 1. The lowest BCUT2D eigenvalue weighted by atomic mass is 9.98. The molecule has 1 aromatic carbocycles. The van der Waals surface area contributed by atoms with Gasteiger partial charge in [0.15, 0.2) is 0 Å². The van der Waals surface area contributed by atoms with Crippen molar-refractivity contribution in [1.29, 1.82) is 0 Å². The van der Waals surface area contributed by atoms with Gasteiger partial charge in [-0.15, -0.1) is 0 Å². The number of nitrogens with one attached hydrogen (secondary N) is 1. The molecule has 4 nitrogen and oxygen atoms in total. The van der Waals surface area contributed by atoms with E-state index in [0.29, 0.717) is 13.2 Å². The van der Waals surface area contributed by atoms with E-state index in [1.54, 1.807) is 7.11 Å². The Morgan fingerprint density at radius 2 is 1.95 bits per heavy atom. The second kappa shape index (κ2) is 9.50. The van der Waals surface area contributed by atoms with Crippen molar-refractivity contribution in [1.82, 2.24) is 5.32 Å². The summed E-state index contributed by atoms with van der Waals surface area (Å²) in [5, 5.41) is 3.41. The average molecular weight is 279 g/mol. The van der Waals surface area contributed by atoms with E-state index >= 15 is 0 Å². The lowest BCUT2D eigenvalue weighted by Gasteiger charge is -2.21. The minimum Gasteiger partial charge on any atom is -0.469 e. The molecule has 0 heterocycles. The molecule has 4 heteroatoms. The Hall–Kier alpha value is -1.39. The van der Waals surface area contributed by atoms with Gasteiger partial charge in [-0.1, -0.05) is 43.7 Å². The molecule has 0 saturated heterocycles. The van der Waals surface area contributed by atoms with Gasteiger partial charge in [0.1, 0.15) is 0 Å². The fourth-order valence-electron chi connectivity index (χ4n) is 2.24. The average Bonchev–Trinajstić information content (AvgIpc) is 2.48. The summed E-state index contributed by atoms with van der Waals surface area (Å²) in [6.07, 6.45) is 2.10. The topological polar surface area (TPSA) is 47.6 Å². The molecule has 2 unspecified atom stereocenters. The van der Waals surface area contributed by atoms with Gasteiger partial charge in [-0.05, 0) is 12.0 Å². The second-order valence-corrected chi connectivity index (χ2v) is 4.84. The molecule has 0 fully saturated rings. The Labute approximate surface area is 121 Å². The molecule has 1 N–H and O–H groups in total. The van der Waals surface area contributed by atoms with E-state index in [2.05, 4.69) is 12.2 Å². The van der Waals surface area contributed by atoms with Crippen LogP contribution in [0.2, 0.25) is 0 Å². The largest absolute Gasteiger partial charge is 0.469 e. The van der Waals surface area contributed by atoms with Gasteiger partial charge >= 0.3 is 5.97 Å². The van der Waals surface area contributed by atoms with Crippen LogP contribution in [0.3, 0.4) is 0 Å². The number of benzene rings is 1. The summed E-state index contributed by atoms with van der Waals surface area (Å²) >= 11 is 0. The van der Waals surface area contributed by atoms with Gasteiger partial charge in [0.2, 0.25) is 0 Å². The summed E-state index contributed by atoms with van der Waals surface area (Å²) in [7, 11) is 3.12. The zero-order valence-electron chi connectivity index (χ0n) is 12.6. The zero-order chi connectivity index (χ0) is 14.8. The molecule has 0 aromatic heterocycles. The highest BCUT2D eigenvalue weighted by Crippen LogP contribution is 2.16. The van der Waals surface area contributed by atoms with Gasteiger partial charge in [0.05, 0.1) is 19.6 Å². The maximum atomic E-state index is 11.9. The van der Waals surface area contributed by atoms with E-state index in [4.69, 9.17) is 9.47 Å². The quantitative estimate of drug-likeness (QED) is 0.705. The Morgan fingerprint density at radius 3 is 2.50 bits per heavy atom. The molecule has 0 aliphatic rings. The van der Waals surface area contributed by atoms with Gasteiger partial charge < -0.3 is 14.8 Å². The summed E-state index contributed by atoms with van der Waals surface area (Å²) in [4.78, 5) is 11.9. The summed E-state index contributed by atoms with van der Waals surface area (Å²) < 4.78 is 10.1. The van der Waals surface area contributed by atoms with Crippen molar-refractivity contribution in [3.05, 3.63) is 35.9 Å². The van der Waals surface area contributed by atoms with Crippen LogP contribution in [0.25, 0.3) is 0 Å². The van der Waals surface area contributed by atoms with Gasteiger partial charge in [0, 0.05) is 19.7 Å².